The van der Waals surface area contributed by atoms with Gasteiger partial charge in [0.2, 0.25) is 0 Å². The highest BCUT2D eigenvalue weighted by molar-refractivity contribution is 9.10. The molecule has 0 atom stereocenters. The van der Waals surface area contributed by atoms with Gasteiger partial charge in [0.05, 0.1) is 7.11 Å². The van der Waals surface area contributed by atoms with Crippen LogP contribution in [0.2, 0.25) is 0 Å². The van der Waals surface area contributed by atoms with Gasteiger partial charge in [-0.05, 0) is 34.5 Å². The molecule has 2 rings (SSSR count). The van der Waals surface area contributed by atoms with Crippen molar-refractivity contribution < 1.29 is 19.1 Å². The molecular weight excluding hydrogens is 316 g/mol. The van der Waals surface area contributed by atoms with Crippen molar-refractivity contribution in [1.29, 1.82) is 0 Å². The van der Waals surface area contributed by atoms with Crippen LogP contribution < -0.4 is 9.64 Å². The van der Waals surface area contributed by atoms with Crippen LogP contribution in [0.5, 0.6) is 5.75 Å². The van der Waals surface area contributed by atoms with Crippen molar-refractivity contribution in [3.05, 3.63) is 16.7 Å². The maximum absolute atomic E-state index is 11.8. The lowest BCUT2D eigenvalue weighted by Gasteiger charge is -2.28. The summed E-state index contributed by atoms with van der Waals surface area (Å²) < 4.78 is 10.5. The first-order valence-corrected chi connectivity index (χ1v) is 6.57. The third-order valence-electron chi connectivity index (χ3n) is 2.70. The third kappa shape index (κ3) is 3.23. The fourth-order valence-corrected chi connectivity index (χ4v) is 2.07. The summed E-state index contributed by atoms with van der Waals surface area (Å²) in [6.45, 7) is 0.405. The maximum Gasteiger partial charge on any atom is 0.305 e. The SMILES string of the molecule is COC(=O)CCCN1C(=O)COc2ccc(Br)nc21. The fourth-order valence-electron chi connectivity index (χ4n) is 1.77. The Morgan fingerprint density at radius 1 is 1.58 bits per heavy atom. The predicted molar refractivity (Wildman–Crippen MR) is 71.0 cm³/mol. The Balaban J connectivity index is 2.09. The third-order valence-corrected chi connectivity index (χ3v) is 3.15. The first-order valence-electron chi connectivity index (χ1n) is 5.78. The van der Waals surface area contributed by atoms with E-state index < -0.39 is 0 Å². The van der Waals surface area contributed by atoms with E-state index in [9.17, 15) is 9.59 Å². The van der Waals surface area contributed by atoms with E-state index in [1.165, 1.54) is 12.0 Å². The molecular formula is C12H13BrN2O4. The highest BCUT2D eigenvalue weighted by Crippen LogP contribution is 2.31. The minimum atomic E-state index is -0.289. The van der Waals surface area contributed by atoms with Crippen LogP contribution in [0.15, 0.2) is 16.7 Å². The monoisotopic (exact) mass is 328 g/mol. The van der Waals surface area contributed by atoms with Crippen LogP contribution in [0.25, 0.3) is 0 Å². The number of fused-ring (bicyclic) bond motifs is 1. The summed E-state index contributed by atoms with van der Waals surface area (Å²) in [5.41, 5.74) is 0. The highest BCUT2D eigenvalue weighted by atomic mass is 79.9. The number of ether oxygens (including phenoxy) is 2. The smallest absolute Gasteiger partial charge is 0.305 e. The van der Waals surface area contributed by atoms with Crippen molar-refractivity contribution in [3.8, 4) is 5.75 Å². The van der Waals surface area contributed by atoms with E-state index in [0.717, 1.165) is 0 Å². The van der Waals surface area contributed by atoms with Gasteiger partial charge in [-0.15, -0.1) is 0 Å². The van der Waals surface area contributed by atoms with Gasteiger partial charge in [0.15, 0.2) is 18.2 Å². The van der Waals surface area contributed by atoms with Gasteiger partial charge in [-0.3, -0.25) is 14.5 Å². The van der Waals surface area contributed by atoms with E-state index in [2.05, 4.69) is 25.7 Å². The lowest BCUT2D eigenvalue weighted by Crippen LogP contribution is -2.40. The van der Waals surface area contributed by atoms with Gasteiger partial charge in [-0.2, -0.15) is 0 Å². The maximum atomic E-state index is 11.8. The molecule has 0 aromatic carbocycles. The number of anilines is 1. The van der Waals surface area contributed by atoms with Gasteiger partial charge in [-0.1, -0.05) is 0 Å². The summed E-state index contributed by atoms with van der Waals surface area (Å²) in [6, 6.07) is 3.51. The Kier molecular flexibility index (Phi) is 4.36. The molecule has 19 heavy (non-hydrogen) atoms. The van der Waals surface area contributed by atoms with Gasteiger partial charge in [0, 0.05) is 13.0 Å². The Labute approximate surface area is 118 Å². The Hall–Kier alpha value is -1.63. The fraction of sp³-hybridized carbons (Fsp3) is 0.417. The summed E-state index contributed by atoms with van der Waals surface area (Å²) in [4.78, 5) is 28.7. The van der Waals surface area contributed by atoms with E-state index >= 15 is 0 Å². The summed E-state index contributed by atoms with van der Waals surface area (Å²) in [6.07, 6.45) is 0.788. The standard InChI is InChI=1S/C12H13BrN2O4/c1-18-11(17)3-2-6-15-10(16)7-19-8-4-5-9(13)14-12(8)15/h4-5H,2-3,6-7H2,1H3. The van der Waals surface area contributed by atoms with E-state index in [1.807, 2.05) is 0 Å². The summed E-state index contributed by atoms with van der Waals surface area (Å²) >= 11 is 3.26. The first kappa shape index (κ1) is 13.8. The molecule has 0 aliphatic carbocycles. The van der Waals surface area contributed by atoms with Crippen molar-refractivity contribution in [1.82, 2.24) is 4.98 Å². The van der Waals surface area contributed by atoms with Gasteiger partial charge in [0.25, 0.3) is 5.91 Å². The van der Waals surface area contributed by atoms with E-state index in [1.54, 1.807) is 12.1 Å². The number of amides is 1. The Bertz CT molecular complexity index is 507. The number of carbonyl (C=O) groups is 2. The van der Waals surface area contributed by atoms with Gasteiger partial charge >= 0.3 is 5.97 Å². The zero-order valence-electron chi connectivity index (χ0n) is 10.4. The molecule has 1 aromatic rings. The molecule has 0 unspecified atom stereocenters. The molecule has 0 saturated carbocycles. The van der Waals surface area contributed by atoms with Crippen LogP contribution >= 0.6 is 15.9 Å². The number of pyridine rings is 1. The predicted octanol–water partition coefficient (Wildman–Crippen LogP) is 1.52. The molecule has 1 aromatic heterocycles. The Morgan fingerprint density at radius 2 is 2.37 bits per heavy atom. The highest BCUT2D eigenvalue weighted by Gasteiger charge is 2.26. The average molecular weight is 329 g/mol. The van der Waals surface area contributed by atoms with E-state index in [-0.39, 0.29) is 24.9 Å². The van der Waals surface area contributed by atoms with Crippen molar-refractivity contribution in [2.45, 2.75) is 12.8 Å². The molecule has 0 N–H and O–H groups in total. The lowest BCUT2D eigenvalue weighted by molar-refractivity contribution is -0.140. The van der Waals surface area contributed by atoms with Crippen LogP contribution in [-0.4, -0.2) is 37.1 Å². The normalized spacial score (nSPS) is 13.8. The molecule has 102 valence electrons. The van der Waals surface area contributed by atoms with E-state index in [4.69, 9.17) is 4.74 Å². The number of rotatable bonds is 4. The van der Waals surface area contributed by atoms with Crippen molar-refractivity contribution in [2.24, 2.45) is 0 Å². The lowest BCUT2D eigenvalue weighted by atomic mass is 10.2. The van der Waals surface area contributed by atoms with Crippen LogP contribution in [0, 0.1) is 0 Å². The van der Waals surface area contributed by atoms with Crippen molar-refractivity contribution in [2.75, 3.05) is 25.2 Å². The number of methoxy groups -OCH3 is 1. The van der Waals surface area contributed by atoms with Gasteiger partial charge in [0.1, 0.15) is 4.60 Å². The minimum Gasteiger partial charge on any atom is -0.480 e. The number of halogens is 1. The van der Waals surface area contributed by atoms with Crippen LogP contribution in [0.4, 0.5) is 5.82 Å². The molecule has 0 spiro atoms. The number of hydrogen-bond donors (Lipinski definition) is 0. The number of hydrogen-bond acceptors (Lipinski definition) is 5. The number of nitrogens with zero attached hydrogens (tertiary/aromatic N) is 2. The van der Waals surface area contributed by atoms with Crippen LogP contribution in [0.1, 0.15) is 12.8 Å². The minimum absolute atomic E-state index is 0.00542. The summed E-state index contributed by atoms with van der Waals surface area (Å²) in [7, 11) is 1.34. The molecule has 1 aliphatic heterocycles. The second kappa shape index (κ2) is 6.01. The second-order valence-corrected chi connectivity index (χ2v) is 4.78. The molecule has 2 heterocycles. The molecule has 0 fully saturated rings. The topological polar surface area (TPSA) is 68.7 Å². The first-order chi connectivity index (χ1) is 9.11. The summed E-state index contributed by atoms with van der Waals surface area (Å²) in [5, 5.41) is 0. The van der Waals surface area contributed by atoms with Crippen LogP contribution in [0.3, 0.4) is 0 Å². The van der Waals surface area contributed by atoms with E-state index in [0.29, 0.717) is 29.1 Å². The van der Waals surface area contributed by atoms with Crippen molar-refractivity contribution in [3.63, 3.8) is 0 Å². The largest absolute Gasteiger partial charge is 0.480 e. The second-order valence-electron chi connectivity index (χ2n) is 3.97. The zero-order chi connectivity index (χ0) is 13.8. The number of aromatic nitrogens is 1. The quantitative estimate of drug-likeness (QED) is 0.619. The summed E-state index contributed by atoms with van der Waals surface area (Å²) in [5.74, 6) is 0.599. The molecule has 0 bridgehead atoms. The number of esters is 1. The molecule has 0 saturated heterocycles. The molecule has 6 nitrogen and oxygen atoms in total. The van der Waals surface area contributed by atoms with Crippen molar-refractivity contribution >= 4 is 33.6 Å². The van der Waals surface area contributed by atoms with Gasteiger partial charge < -0.3 is 9.47 Å². The zero-order valence-corrected chi connectivity index (χ0v) is 12.0. The number of carbonyl (C=O) groups excluding carboxylic acids is 2. The van der Waals surface area contributed by atoms with Gasteiger partial charge in [-0.25, -0.2) is 4.98 Å². The van der Waals surface area contributed by atoms with Crippen LogP contribution in [-0.2, 0) is 14.3 Å². The Morgan fingerprint density at radius 3 is 3.11 bits per heavy atom. The molecule has 0 radical (unpaired) electrons. The molecule has 1 aliphatic rings. The molecule has 7 heteroatoms. The average Bonchev–Trinajstić information content (AvgIpc) is 2.41. The molecule has 1 amide bonds.